The van der Waals surface area contributed by atoms with E-state index in [0.717, 1.165) is 11.1 Å². The highest BCUT2D eigenvalue weighted by Crippen LogP contribution is 2.25. The van der Waals surface area contributed by atoms with Crippen LogP contribution in [0.1, 0.15) is 29.3 Å². The number of aromatic nitrogens is 1. The van der Waals surface area contributed by atoms with E-state index in [4.69, 9.17) is 4.74 Å². The highest BCUT2D eigenvalue weighted by Gasteiger charge is 2.22. The summed E-state index contributed by atoms with van der Waals surface area (Å²) in [5.41, 5.74) is 2.33. The van der Waals surface area contributed by atoms with Gasteiger partial charge >= 0.3 is 5.97 Å². The molecular formula is C22H21NO4S. The fourth-order valence-electron chi connectivity index (χ4n) is 2.73. The second kappa shape index (κ2) is 8.80. The number of hydrogen-bond donors (Lipinski definition) is 0. The molecule has 1 heterocycles. The molecule has 1 atom stereocenters. The average Bonchev–Trinajstić information content (AvgIpc) is 2.72. The number of sulfone groups is 1. The summed E-state index contributed by atoms with van der Waals surface area (Å²) < 4.78 is 30.5. The molecule has 3 aromatic rings. The second-order valence-electron chi connectivity index (χ2n) is 6.42. The first-order chi connectivity index (χ1) is 13.5. The smallest absolute Gasteiger partial charge is 0.307 e. The van der Waals surface area contributed by atoms with E-state index in [9.17, 15) is 13.2 Å². The van der Waals surface area contributed by atoms with Crippen LogP contribution in [0.15, 0.2) is 83.9 Å². The van der Waals surface area contributed by atoms with Crippen molar-refractivity contribution < 1.29 is 17.9 Å². The Bertz CT molecular complexity index is 978. The van der Waals surface area contributed by atoms with Crippen molar-refractivity contribution in [1.82, 2.24) is 4.98 Å². The molecule has 1 unspecified atom stereocenters. The van der Waals surface area contributed by atoms with Crippen molar-refractivity contribution in [3.05, 3.63) is 95.8 Å². The first-order valence-corrected chi connectivity index (χ1v) is 10.6. The molecule has 6 heteroatoms. The van der Waals surface area contributed by atoms with E-state index in [2.05, 4.69) is 4.98 Å². The summed E-state index contributed by atoms with van der Waals surface area (Å²) >= 11 is 0. The van der Waals surface area contributed by atoms with E-state index in [-0.39, 0.29) is 17.1 Å². The maximum Gasteiger partial charge on any atom is 0.307 e. The number of esters is 1. The lowest BCUT2D eigenvalue weighted by molar-refractivity contribution is -0.147. The zero-order valence-electron chi connectivity index (χ0n) is 15.5. The first-order valence-electron chi connectivity index (χ1n) is 8.90. The number of carbonyl (C=O) groups excluding carboxylic acids is 1. The molecule has 0 radical (unpaired) electrons. The van der Waals surface area contributed by atoms with Crippen LogP contribution in [0.2, 0.25) is 0 Å². The first kappa shape index (κ1) is 19.8. The maximum absolute atomic E-state index is 12.5. The summed E-state index contributed by atoms with van der Waals surface area (Å²) in [6.45, 7) is 1.88. The minimum absolute atomic E-state index is 0.204. The van der Waals surface area contributed by atoms with Gasteiger partial charge in [-0.2, -0.15) is 0 Å². The predicted molar refractivity (Wildman–Crippen MR) is 106 cm³/mol. The standard InChI is InChI=1S/C22H21NO4S/c1-17-10-12-19(13-11-17)28(25,26)16-14-21(24)27-22(18-7-3-2-4-8-18)20-9-5-6-15-23-20/h2-13,15,22H,14,16H2,1H3. The topological polar surface area (TPSA) is 73.3 Å². The molecule has 0 aliphatic carbocycles. The van der Waals surface area contributed by atoms with Gasteiger partial charge in [0.1, 0.15) is 0 Å². The zero-order chi connectivity index (χ0) is 20.0. The number of nitrogens with zero attached hydrogens (tertiary/aromatic N) is 1. The fourth-order valence-corrected chi connectivity index (χ4v) is 3.95. The normalized spacial score (nSPS) is 12.3. The summed E-state index contributed by atoms with van der Waals surface area (Å²) in [5.74, 6) is -0.895. The molecule has 0 bridgehead atoms. The monoisotopic (exact) mass is 395 g/mol. The molecule has 0 saturated heterocycles. The minimum atomic E-state index is -3.55. The molecule has 28 heavy (non-hydrogen) atoms. The van der Waals surface area contributed by atoms with Gasteiger partial charge in [0.15, 0.2) is 15.9 Å². The summed E-state index contributed by atoms with van der Waals surface area (Å²) in [5, 5.41) is 0. The Morgan fingerprint density at radius 2 is 1.64 bits per heavy atom. The Kier molecular flexibility index (Phi) is 6.21. The van der Waals surface area contributed by atoms with Crippen LogP contribution in [0.4, 0.5) is 0 Å². The van der Waals surface area contributed by atoms with Gasteiger partial charge < -0.3 is 4.74 Å². The second-order valence-corrected chi connectivity index (χ2v) is 8.53. The third kappa shape index (κ3) is 5.04. The fraction of sp³-hybridized carbons (Fsp3) is 0.182. The van der Waals surface area contributed by atoms with E-state index in [1.54, 1.807) is 42.6 Å². The lowest BCUT2D eigenvalue weighted by atomic mass is 10.1. The van der Waals surface area contributed by atoms with Crippen molar-refractivity contribution in [3.8, 4) is 0 Å². The molecule has 0 fully saturated rings. The molecule has 5 nitrogen and oxygen atoms in total. The van der Waals surface area contributed by atoms with Crippen molar-refractivity contribution in [2.75, 3.05) is 5.75 Å². The van der Waals surface area contributed by atoms with Gasteiger partial charge in [0, 0.05) is 6.20 Å². The van der Waals surface area contributed by atoms with E-state index in [0.29, 0.717) is 5.69 Å². The average molecular weight is 395 g/mol. The summed E-state index contributed by atoms with van der Waals surface area (Å²) in [4.78, 5) is 16.9. The van der Waals surface area contributed by atoms with Crippen LogP contribution in [-0.2, 0) is 19.4 Å². The van der Waals surface area contributed by atoms with Crippen LogP contribution < -0.4 is 0 Å². The molecule has 0 spiro atoms. The van der Waals surface area contributed by atoms with Crippen molar-refractivity contribution in [1.29, 1.82) is 0 Å². The molecule has 0 aliphatic rings. The van der Waals surface area contributed by atoms with Crippen molar-refractivity contribution in [2.45, 2.75) is 24.3 Å². The van der Waals surface area contributed by atoms with Crippen LogP contribution in [0.3, 0.4) is 0 Å². The number of rotatable bonds is 7. The largest absolute Gasteiger partial charge is 0.451 e. The van der Waals surface area contributed by atoms with E-state index < -0.39 is 21.9 Å². The van der Waals surface area contributed by atoms with E-state index in [1.165, 1.54) is 0 Å². The molecule has 0 amide bonds. The number of benzene rings is 2. The lowest BCUT2D eigenvalue weighted by Crippen LogP contribution is -2.17. The van der Waals surface area contributed by atoms with Crippen molar-refractivity contribution >= 4 is 15.8 Å². The Morgan fingerprint density at radius 3 is 2.29 bits per heavy atom. The van der Waals surface area contributed by atoms with Crippen LogP contribution >= 0.6 is 0 Å². The Labute approximate surface area is 164 Å². The summed E-state index contributed by atoms with van der Waals surface area (Å²) in [6, 6.07) is 21.2. The van der Waals surface area contributed by atoms with Crippen molar-refractivity contribution in [3.63, 3.8) is 0 Å². The van der Waals surface area contributed by atoms with E-state index >= 15 is 0 Å². The summed E-state index contributed by atoms with van der Waals surface area (Å²) in [7, 11) is -3.55. The van der Waals surface area contributed by atoms with Crippen LogP contribution in [0.5, 0.6) is 0 Å². The maximum atomic E-state index is 12.5. The van der Waals surface area contributed by atoms with Crippen molar-refractivity contribution in [2.24, 2.45) is 0 Å². The zero-order valence-corrected chi connectivity index (χ0v) is 16.3. The highest BCUT2D eigenvalue weighted by molar-refractivity contribution is 7.91. The van der Waals surface area contributed by atoms with Gasteiger partial charge in [-0.15, -0.1) is 0 Å². The van der Waals surface area contributed by atoms with Gasteiger partial charge in [-0.3, -0.25) is 9.78 Å². The van der Waals surface area contributed by atoms with Gasteiger partial charge in [-0.05, 0) is 36.8 Å². The number of ether oxygens (including phenoxy) is 1. The van der Waals surface area contributed by atoms with Gasteiger partial charge in [-0.25, -0.2) is 8.42 Å². The molecule has 144 valence electrons. The van der Waals surface area contributed by atoms with E-state index in [1.807, 2.05) is 43.3 Å². The SMILES string of the molecule is Cc1ccc(S(=O)(=O)CCC(=O)OC(c2ccccc2)c2ccccn2)cc1. The molecule has 3 rings (SSSR count). The van der Waals surface area contributed by atoms with Gasteiger partial charge in [0.25, 0.3) is 0 Å². The number of pyridine rings is 1. The quantitative estimate of drug-likeness (QED) is 0.568. The minimum Gasteiger partial charge on any atom is -0.451 e. The molecule has 0 saturated carbocycles. The number of carbonyl (C=O) groups is 1. The third-order valence-corrected chi connectivity index (χ3v) is 6.00. The van der Waals surface area contributed by atoms with Gasteiger partial charge in [0.2, 0.25) is 0 Å². The molecular weight excluding hydrogens is 374 g/mol. The van der Waals surface area contributed by atoms with Crippen LogP contribution in [0.25, 0.3) is 0 Å². The molecule has 0 N–H and O–H groups in total. The summed E-state index contributed by atoms with van der Waals surface area (Å²) in [6.07, 6.45) is 0.713. The molecule has 0 aliphatic heterocycles. The van der Waals surface area contributed by atoms with Crippen LogP contribution in [0, 0.1) is 6.92 Å². The molecule has 2 aromatic carbocycles. The predicted octanol–water partition coefficient (Wildman–Crippen LogP) is 3.89. The van der Waals surface area contributed by atoms with Crippen LogP contribution in [-0.4, -0.2) is 25.1 Å². The molecule has 1 aromatic heterocycles. The van der Waals surface area contributed by atoms with Gasteiger partial charge in [0.05, 0.1) is 22.8 Å². The number of aryl methyl sites for hydroxylation is 1. The Balaban J connectivity index is 1.71. The lowest BCUT2D eigenvalue weighted by Gasteiger charge is -2.18. The third-order valence-electron chi connectivity index (χ3n) is 4.26. The Hall–Kier alpha value is -2.99. The Morgan fingerprint density at radius 1 is 0.964 bits per heavy atom. The number of hydrogen-bond acceptors (Lipinski definition) is 5. The van der Waals surface area contributed by atoms with Gasteiger partial charge in [-0.1, -0.05) is 54.1 Å². The highest BCUT2D eigenvalue weighted by atomic mass is 32.2.